The van der Waals surface area contributed by atoms with Crippen molar-refractivity contribution >= 4 is 0 Å². The van der Waals surface area contributed by atoms with Gasteiger partial charge in [-0.3, -0.25) is 0 Å². The quantitative estimate of drug-likeness (QED) is 0.0755. The second kappa shape index (κ2) is 23.7. The minimum atomic E-state index is -1.19. The highest BCUT2D eigenvalue weighted by Crippen LogP contribution is 2.35. The second-order valence-corrected chi connectivity index (χ2v) is 16.2. The lowest BCUT2D eigenvalue weighted by atomic mass is 9.96. The molecule has 2 heterocycles. The Morgan fingerprint density at radius 2 is 0.734 bits per heavy atom. The monoisotopic (exact) mass is 866 g/mol. The maximum Gasteiger partial charge on any atom is 0.187 e. The Balaban J connectivity index is 1.10. The highest BCUT2D eigenvalue weighted by molar-refractivity contribution is 5.18. The molecule has 0 unspecified atom stereocenters. The van der Waals surface area contributed by atoms with Gasteiger partial charge in [0.1, 0.15) is 42.7 Å². The summed E-state index contributed by atoms with van der Waals surface area (Å²) >= 11 is 0. The van der Waals surface area contributed by atoms with Crippen molar-refractivity contribution in [3.05, 3.63) is 215 Å². The van der Waals surface area contributed by atoms with Crippen molar-refractivity contribution in [3.63, 3.8) is 0 Å². The van der Waals surface area contributed by atoms with E-state index in [1.165, 1.54) is 0 Å². The topological polar surface area (TPSA) is 103 Å². The molecule has 0 amide bonds. The van der Waals surface area contributed by atoms with Gasteiger partial charge in [-0.05, 0) is 40.3 Å². The second-order valence-electron chi connectivity index (χ2n) is 16.2. The van der Waals surface area contributed by atoms with Crippen LogP contribution in [0.15, 0.2) is 182 Å². The average molecular weight is 867 g/mol. The number of ether oxygens (including phenoxy) is 9. The van der Waals surface area contributed by atoms with Crippen LogP contribution in [0, 0.1) is 0 Å². The average Bonchev–Trinajstić information content (AvgIpc) is 3.34. The summed E-state index contributed by atoms with van der Waals surface area (Å²) in [7, 11) is 0. The van der Waals surface area contributed by atoms with Crippen molar-refractivity contribution in [2.75, 3.05) is 6.61 Å². The van der Waals surface area contributed by atoms with Crippen LogP contribution in [-0.4, -0.2) is 73.1 Å². The maximum absolute atomic E-state index is 12.5. The number of aliphatic hydroxyl groups excluding tert-OH is 1. The number of aliphatic hydroxyl groups is 1. The van der Waals surface area contributed by atoms with E-state index in [2.05, 4.69) is 0 Å². The zero-order valence-corrected chi connectivity index (χ0v) is 36.2. The Kier molecular flexibility index (Phi) is 16.9. The number of rotatable bonds is 21. The molecule has 2 aliphatic rings. The minimum absolute atomic E-state index is 0.111. The molecular formula is C54H58O10. The molecule has 0 bridgehead atoms. The molecule has 334 valence electrons. The van der Waals surface area contributed by atoms with Crippen molar-refractivity contribution < 1.29 is 47.7 Å². The van der Waals surface area contributed by atoms with E-state index in [1.807, 2.05) is 189 Å². The van der Waals surface area contributed by atoms with E-state index in [1.54, 1.807) is 0 Å². The van der Waals surface area contributed by atoms with Crippen LogP contribution in [0.1, 0.15) is 40.3 Å². The summed E-state index contributed by atoms with van der Waals surface area (Å²) in [5.74, 6) is 0. The molecule has 0 saturated carbocycles. The largest absolute Gasteiger partial charge is 0.387 e. The lowest BCUT2D eigenvalue weighted by Gasteiger charge is -2.49. The molecule has 10 atom stereocenters. The van der Waals surface area contributed by atoms with Crippen LogP contribution in [0.2, 0.25) is 0 Å². The lowest BCUT2D eigenvalue weighted by Crippen LogP contribution is -2.65. The van der Waals surface area contributed by atoms with E-state index in [4.69, 9.17) is 42.6 Å². The standard InChI is InChI=1S/C54H58O10/c1-39-48(51(59-35-43-26-14-5-15-27-43)52(60-36-44-28-16-6-17-29-44)53(62-39)61-37-45-30-18-7-19-31-45)64-54-50(58-34-42-24-12-4-13-25-42)47(55)49(57-33-41-22-10-3-11-23-41)46(63-54)38-56-32-40-20-8-2-9-21-40/h2-31,39,46-55H,32-38H2,1H3/t39-,46+,47-,48-,49+,50-,51+,52+,53+,54+/m0/s1. The van der Waals surface area contributed by atoms with E-state index in [-0.39, 0.29) is 33.0 Å². The Bertz CT molecular complexity index is 2180. The van der Waals surface area contributed by atoms with Crippen LogP contribution in [0.3, 0.4) is 0 Å². The van der Waals surface area contributed by atoms with Crippen LogP contribution in [0.25, 0.3) is 0 Å². The van der Waals surface area contributed by atoms with Gasteiger partial charge in [-0.25, -0.2) is 0 Å². The fourth-order valence-electron chi connectivity index (χ4n) is 8.02. The first-order valence-corrected chi connectivity index (χ1v) is 22.1. The van der Waals surface area contributed by atoms with Gasteiger partial charge in [-0.15, -0.1) is 0 Å². The van der Waals surface area contributed by atoms with E-state index in [9.17, 15) is 5.11 Å². The van der Waals surface area contributed by atoms with Gasteiger partial charge in [0.15, 0.2) is 12.6 Å². The van der Waals surface area contributed by atoms with E-state index in [0.29, 0.717) is 13.2 Å². The summed E-state index contributed by atoms with van der Waals surface area (Å²) in [5, 5.41) is 12.5. The highest BCUT2D eigenvalue weighted by atomic mass is 16.8. The predicted octanol–water partition coefficient (Wildman–Crippen LogP) is 8.98. The van der Waals surface area contributed by atoms with Crippen molar-refractivity contribution in [1.29, 1.82) is 0 Å². The highest BCUT2D eigenvalue weighted by Gasteiger charge is 2.53. The molecule has 8 rings (SSSR count). The number of hydrogen-bond donors (Lipinski definition) is 1. The molecule has 2 saturated heterocycles. The van der Waals surface area contributed by atoms with Gasteiger partial charge in [0.05, 0.1) is 52.4 Å². The first-order valence-electron chi connectivity index (χ1n) is 22.1. The molecular weight excluding hydrogens is 809 g/mol. The third-order valence-electron chi connectivity index (χ3n) is 11.4. The van der Waals surface area contributed by atoms with Gasteiger partial charge in [0, 0.05) is 0 Å². The smallest absolute Gasteiger partial charge is 0.187 e. The normalized spacial score (nSPS) is 25.8. The zero-order chi connectivity index (χ0) is 43.8. The molecule has 2 fully saturated rings. The molecule has 6 aromatic rings. The number of hydrogen-bond acceptors (Lipinski definition) is 10. The maximum atomic E-state index is 12.5. The zero-order valence-electron chi connectivity index (χ0n) is 36.2. The van der Waals surface area contributed by atoms with Crippen LogP contribution >= 0.6 is 0 Å². The predicted molar refractivity (Wildman–Crippen MR) is 241 cm³/mol. The Labute approximate surface area is 376 Å². The minimum Gasteiger partial charge on any atom is -0.387 e. The van der Waals surface area contributed by atoms with Gasteiger partial charge in [0.2, 0.25) is 0 Å². The van der Waals surface area contributed by atoms with E-state index >= 15 is 0 Å². The SMILES string of the molecule is C[C@@H]1O[C@@H](OCc2ccccc2)[C@H](OCc2ccccc2)[C@H](OCc2ccccc2)[C@H]1O[C@H]1O[C@H](COCc2ccccc2)[C@@H](OCc2ccccc2)[C@H](O)[C@@H]1OCc1ccccc1. The van der Waals surface area contributed by atoms with Gasteiger partial charge in [-0.1, -0.05) is 182 Å². The van der Waals surface area contributed by atoms with Gasteiger partial charge >= 0.3 is 0 Å². The third kappa shape index (κ3) is 12.8. The molecule has 0 radical (unpaired) electrons. The van der Waals surface area contributed by atoms with Crippen LogP contribution < -0.4 is 0 Å². The van der Waals surface area contributed by atoms with Gasteiger partial charge in [0.25, 0.3) is 0 Å². The molecule has 0 aliphatic carbocycles. The van der Waals surface area contributed by atoms with Gasteiger partial charge in [-0.2, -0.15) is 0 Å². The molecule has 10 heteroatoms. The van der Waals surface area contributed by atoms with Crippen molar-refractivity contribution in [2.24, 2.45) is 0 Å². The van der Waals surface area contributed by atoms with Crippen molar-refractivity contribution in [3.8, 4) is 0 Å². The van der Waals surface area contributed by atoms with Crippen LogP contribution in [-0.2, 0) is 82.3 Å². The van der Waals surface area contributed by atoms with Crippen molar-refractivity contribution in [2.45, 2.75) is 108 Å². The molecule has 0 spiro atoms. The summed E-state index contributed by atoms with van der Waals surface area (Å²) < 4.78 is 60.4. The molecule has 0 aromatic heterocycles. The molecule has 1 N–H and O–H groups in total. The third-order valence-corrected chi connectivity index (χ3v) is 11.4. The summed E-state index contributed by atoms with van der Waals surface area (Å²) in [6.45, 7) is 3.65. The fourth-order valence-corrected chi connectivity index (χ4v) is 8.02. The van der Waals surface area contributed by atoms with Crippen LogP contribution in [0.5, 0.6) is 0 Å². The van der Waals surface area contributed by atoms with E-state index < -0.39 is 61.4 Å². The Morgan fingerprint density at radius 3 is 1.17 bits per heavy atom. The fraction of sp³-hybridized carbons (Fsp3) is 0.333. The van der Waals surface area contributed by atoms with E-state index in [0.717, 1.165) is 33.4 Å². The first-order chi connectivity index (χ1) is 31.6. The number of benzene rings is 6. The molecule has 6 aromatic carbocycles. The summed E-state index contributed by atoms with van der Waals surface area (Å²) in [6, 6.07) is 59.5. The van der Waals surface area contributed by atoms with Gasteiger partial charge < -0.3 is 47.7 Å². The lowest BCUT2D eigenvalue weighted by molar-refractivity contribution is -0.371. The first kappa shape index (κ1) is 45.5. The summed E-state index contributed by atoms with van der Waals surface area (Å²) in [5.41, 5.74) is 5.84. The van der Waals surface area contributed by atoms with Crippen LogP contribution in [0.4, 0.5) is 0 Å². The summed E-state index contributed by atoms with van der Waals surface area (Å²) in [6.07, 6.45) is -8.56. The molecule has 2 aliphatic heterocycles. The molecule has 10 nitrogen and oxygen atoms in total. The Hall–Kier alpha value is -5.08. The summed E-state index contributed by atoms with van der Waals surface area (Å²) in [4.78, 5) is 0. The van der Waals surface area contributed by atoms with Crippen molar-refractivity contribution in [1.82, 2.24) is 0 Å². The Morgan fingerprint density at radius 1 is 0.375 bits per heavy atom. The molecule has 64 heavy (non-hydrogen) atoms.